The van der Waals surface area contributed by atoms with E-state index >= 15 is 0 Å². The Kier molecular flexibility index (Phi) is 10.1. The molecule has 3 N–H and O–H groups in total. The van der Waals surface area contributed by atoms with Gasteiger partial charge in [0.2, 0.25) is 0 Å². The summed E-state index contributed by atoms with van der Waals surface area (Å²) in [6.07, 6.45) is 5.63. The molecule has 7 heteroatoms. The number of benzene rings is 1. The van der Waals surface area contributed by atoms with E-state index in [1.807, 2.05) is 57.3 Å². The molecular formula is C25H29N5OS. The summed E-state index contributed by atoms with van der Waals surface area (Å²) >= 11 is 1.68. The van der Waals surface area contributed by atoms with Gasteiger partial charge in [0.25, 0.3) is 0 Å². The molecule has 0 aliphatic heterocycles. The predicted octanol–water partition coefficient (Wildman–Crippen LogP) is 5.31. The lowest BCUT2D eigenvalue weighted by Crippen LogP contribution is -2.15. The summed E-state index contributed by atoms with van der Waals surface area (Å²) in [5.41, 5.74) is 8.87. The van der Waals surface area contributed by atoms with Crippen LogP contribution in [0.25, 0.3) is 11.1 Å². The molecule has 0 aliphatic carbocycles. The predicted molar refractivity (Wildman–Crippen MR) is 133 cm³/mol. The SMILES string of the molecule is C=C(CC(NC)c1cc(-c2cccc(C#N)c2)cs1)N=CN.CC(C)Oc1cccnc1. The van der Waals surface area contributed by atoms with E-state index in [0.29, 0.717) is 12.0 Å². The smallest absolute Gasteiger partial charge is 0.137 e. The Morgan fingerprint density at radius 1 is 1.31 bits per heavy atom. The molecule has 1 aromatic carbocycles. The molecule has 2 heterocycles. The number of ether oxygens (including phenoxy) is 1. The Bertz CT molecular complexity index is 1050. The third-order valence-electron chi connectivity index (χ3n) is 4.34. The molecule has 0 spiro atoms. The molecule has 0 saturated carbocycles. The minimum atomic E-state index is 0.147. The Morgan fingerprint density at radius 2 is 2.12 bits per heavy atom. The van der Waals surface area contributed by atoms with Gasteiger partial charge >= 0.3 is 0 Å². The van der Waals surface area contributed by atoms with Crippen molar-refractivity contribution in [2.45, 2.75) is 32.4 Å². The van der Waals surface area contributed by atoms with E-state index in [9.17, 15) is 0 Å². The summed E-state index contributed by atoms with van der Waals surface area (Å²) in [4.78, 5) is 9.13. The van der Waals surface area contributed by atoms with Crippen LogP contribution in [0.1, 0.15) is 36.8 Å². The van der Waals surface area contributed by atoms with Crippen molar-refractivity contribution in [1.29, 1.82) is 5.26 Å². The van der Waals surface area contributed by atoms with Crippen molar-refractivity contribution in [2.24, 2.45) is 10.7 Å². The van der Waals surface area contributed by atoms with Gasteiger partial charge in [-0.2, -0.15) is 5.26 Å². The van der Waals surface area contributed by atoms with Crippen LogP contribution in [0, 0.1) is 11.3 Å². The van der Waals surface area contributed by atoms with Crippen molar-refractivity contribution in [1.82, 2.24) is 10.3 Å². The average Bonchev–Trinajstić information content (AvgIpc) is 3.28. The number of pyridine rings is 1. The molecule has 0 amide bonds. The standard InChI is InChI=1S/C17H18N4S.C8H11NO/c1-12(21-11-19)6-16(20-2)17-8-15(10-22-17)14-5-3-4-13(7-14)9-18;1-7(2)10-8-4-3-5-9-6-8/h3-5,7-8,10-11,16,20H,1,6H2,2H3,(H2,19,21);3-7H,1-2H3. The van der Waals surface area contributed by atoms with Gasteiger partial charge in [0.05, 0.1) is 30.3 Å². The fourth-order valence-corrected chi connectivity index (χ4v) is 3.91. The third kappa shape index (κ3) is 7.99. The lowest BCUT2D eigenvalue weighted by atomic mass is 10.0. The molecular weight excluding hydrogens is 418 g/mol. The van der Waals surface area contributed by atoms with Crippen LogP contribution in [0.4, 0.5) is 0 Å². The quantitative estimate of drug-likeness (QED) is 0.360. The number of rotatable bonds is 8. The second-order valence-electron chi connectivity index (χ2n) is 7.18. The molecule has 166 valence electrons. The number of hydrogen-bond donors (Lipinski definition) is 2. The summed E-state index contributed by atoms with van der Waals surface area (Å²) in [6.45, 7) is 7.88. The van der Waals surface area contributed by atoms with E-state index in [2.05, 4.69) is 39.4 Å². The van der Waals surface area contributed by atoms with Crippen LogP contribution in [0.3, 0.4) is 0 Å². The topological polar surface area (TPSA) is 96.3 Å². The fraction of sp³-hybridized carbons (Fsp3) is 0.240. The Hall–Kier alpha value is -3.47. The summed E-state index contributed by atoms with van der Waals surface area (Å²) in [5, 5.41) is 14.4. The second-order valence-corrected chi connectivity index (χ2v) is 8.12. The first kappa shape index (κ1) is 24.8. The van der Waals surface area contributed by atoms with Crippen LogP contribution in [-0.2, 0) is 0 Å². The minimum absolute atomic E-state index is 0.147. The van der Waals surface area contributed by atoms with Crippen molar-refractivity contribution < 1.29 is 4.74 Å². The number of aromatic nitrogens is 1. The number of nitrogens with two attached hydrogens (primary N) is 1. The fourth-order valence-electron chi connectivity index (χ4n) is 2.88. The lowest BCUT2D eigenvalue weighted by Gasteiger charge is -2.13. The monoisotopic (exact) mass is 447 g/mol. The largest absolute Gasteiger partial charge is 0.489 e. The average molecular weight is 448 g/mol. The van der Waals surface area contributed by atoms with E-state index < -0.39 is 0 Å². The molecule has 1 unspecified atom stereocenters. The minimum Gasteiger partial charge on any atom is -0.489 e. The molecule has 0 aliphatic rings. The summed E-state index contributed by atoms with van der Waals surface area (Å²) in [6, 6.07) is 15.8. The Morgan fingerprint density at radius 3 is 2.75 bits per heavy atom. The molecule has 0 saturated heterocycles. The van der Waals surface area contributed by atoms with Crippen molar-refractivity contribution in [3.05, 3.63) is 83.0 Å². The van der Waals surface area contributed by atoms with Crippen LogP contribution >= 0.6 is 11.3 Å². The molecule has 3 rings (SSSR count). The van der Waals surface area contributed by atoms with Gasteiger partial charge in [-0.25, -0.2) is 4.99 Å². The molecule has 32 heavy (non-hydrogen) atoms. The zero-order valence-electron chi connectivity index (χ0n) is 18.7. The zero-order valence-corrected chi connectivity index (χ0v) is 19.5. The normalized spacial score (nSPS) is 11.5. The van der Waals surface area contributed by atoms with Gasteiger partial charge in [-0.3, -0.25) is 4.98 Å². The molecule has 0 bridgehead atoms. The maximum atomic E-state index is 9.00. The highest BCUT2D eigenvalue weighted by atomic mass is 32.1. The van der Waals surface area contributed by atoms with E-state index in [0.717, 1.165) is 22.6 Å². The second kappa shape index (κ2) is 13.1. The van der Waals surface area contributed by atoms with Gasteiger partial charge in [0.15, 0.2) is 0 Å². The van der Waals surface area contributed by atoms with Crippen LogP contribution in [0.2, 0.25) is 0 Å². The highest BCUT2D eigenvalue weighted by Crippen LogP contribution is 2.32. The van der Waals surface area contributed by atoms with Crippen LogP contribution in [-0.4, -0.2) is 24.5 Å². The lowest BCUT2D eigenvalue weighted by molar-refractivity contribution is 0.241. The van der Waals surface area contributed by atoms with Crippen molar-refractivity contribution in [3.63, 3.8) is 0 Å². The summed E-state index contributed by atoms with van der Waals surface area (Å²) in [5.74, 6) is 0.831. The Balaban J connectivity index is 0.000000303. The summed E-state index contributed by atoms with van der Waals surface area (Å²) < 4.78 is 5.35. The number of nitrogens with one attached hydrogen (secondary N) is 1. The van der Waals surface area contributed by atoms with Gasteiger partial charge in [-0.1, -0.05) is 18.7 Å². The molecule has 0 radical (unpaired) electrons. The molecule has 1 atom stereocenters. The molecule has 2 aromatic heterocycles. The number of thiophene rings is 1. The highest BCUT2D eigenvalue weighted by molar-refractivity contribution is 7.10. The van der Waals surface area contributed by atoms with Gasteiger partial charge in [-0.05, 0) is 67.7 Å². The van der Waals surface area contributed by atoms with Gasteiger partial charge in [-0.15, -0.1) is 11.3 Å². The Labute approximate surface area is 194 Å². The van der Waals surface area contributed by atoms with Gasteiger partial charge in [0, 0.05) is 29.2 Å². The van der Waals surface area contributed by atoms with Crippen LogP contribution < -0.4 is 15.8 Å². The van der Waals surface area contributed by atoms with Crippen LogP contribution in [0.5, 0.6) is 5.75 Å². The first-order valence-electron chi connectivity index (χ1n) is 10.2. The molecule has 6 nitrogen and oxygen atoms in total. The third-order valence-corrected chi connectivity index (χ3v) is 5.39. The van der Waals surface area contributed by atoms with E-state index in [-0.39, 0.29) is 12.1 Å². The van der Waals surface area contributed by atoms with Crippen molar-refractivity contribution in [2.75, 3.05) is 7.05 Å². The highest BCUT2D eigenvalue weighted by Gasteiger charge is 2.14. The van der Waals surface area contributed by atoms with Crippen molar-refractivity contribution >= 4 is 17.7 Å². The number of nitrogens with zero attached hydrogens (tertiary/aromatic N) is 3. The van der Waals surface area contributed by atoms with E-state index in [1.165, 1.54) is 11.2 Å². The number of nitriles is 1. The van der Waals surface area contributed by atoms with E-state index in [1.54, 1.807) is 23.7 Å². The van der Waals surface area contributed by atoms with E-state index in [4.69, 9.17) is 15.7 Å². The molecule has 0 fully saturated rings. The maximum absolute atomic E-state index is 9.00. The first-order chi connectivity index (χ1) is 15.5. The summed E-state index contributed by atoms with van der Waals surface area (Å²) in [7, 11) is 1.92. The van der Waals surface area contributed by atoms with Crippen molar-refractivity contribution in [3.8, 4) is 22.9 Å². The molecule has 3 aromatic rings. The van der Waals surface area contributed by atoms with Gasteiger partial charge < -0.3 is 15.8 Å². The number of hydrogen-bond acceptors (Lipinski definition) is 6. The maximum Gasteiger partial charge on any atom is 0.137 e. The zero-order chi connectivity index (χ0) is 23.3. The van der Waals surface area contributed by atoms with Gasteiger partial charge in [0.1, 0.15) is 5.75 Å². The number of aliphatic imine (C=N–C) groups is 1. The van der Waals surface area contributed by atoms with Crippen LogP contribution in [0.15, 0.2) is 77.5 Å². The first-order valence-corrected chi connectivity index (χ1v) is 11.1.